The van der Waals surface area contributed by atoms with Crippen molar-refractivity contribution in [3.05, 3.63) is 36.7 Å². The summed E-state index contributed by atoms with van der Waals surface area (Å²) in [6, 6.07) is 8.33. The molecule has 0 unspecified atom stereocenters. The third-order valence-corrected chi connectivity index (χ3v) is 2.97. The van der Waals surface area contributed by atoms with Crippen molar-refractivity contribution in [1.82, 2.24) is 9.97 Å². The lowest BCUT2D eigenvalue weighted by molar-refractivity contribution is 0.252. The fourth-order valence-electron chi connectivity index (χ4n) is 1.41. The number of para-hydroxylation sites is 1. The highest BCUT2D eigenvalue weighted by molar-refractivity contribution is 7.99. The third-order valence-electron chi connectivity index (χ3n) is 2.18. The normalized spacial score (nSPS) is 10.5. The molecule has 19 heavy (non-hydrogen) atoms. The zero-order valence-corrected chi connectivity index (χ0v) is 10.5. The number of hydrogen-bond donors (Lipinski definition) is 3. The van der Waals surface area contributed by atoms with Crippen LogP contribution in [0.5, 0.6) is 0 Å². The van der Waals surface area contributed by atoms with Crippen molar-refractivity contribution in [1.29, 1.82) is 0 Å². The van der Waals surface area contributed by atoms with E-state index in [1.54, 1.807) is 30.3 Å². The van der Waals surface area contributed by atoms with Gasteiger partial charge in [0.1, 0.15) is 18.0 Å². The van der Waals surface area contributed by atoms with Crippen LogP contribution in [0.25, 0.3) is 0 Å². The molecular weight excluding hydrogens is 272 g/mol. The summed E-state index contributed by atoms with van der Waals surface area (Å²) in [6.07, 6.45) is 1.32. The number of nitrogens with one attached hydrogen (secondary N) is 2. The molecule has 0 atom stereocenters. The minimum Gasteiger partial charge on any atom is -0.339 e. The number of nitrogen functional groups attached to an aromatic ring is 1. The van der Waals surface area contributed by atoms with Gasteiger partial charge in [0.05, 0.1) is 5.69 Å². The van der Waals surface area contributed by atoms with Gasteiger partial charge in [0.2, 0.25) is 0 Å². The number of hydrazine groups is 1. The van der Waals surface area contributed by atoms with Crippen LogP contribution in [-0.2, 0) is 0 Å². The largest absolute Gasteiger partial charge is 0.339 e. The van der Waals surface area contributed by atoms with Crippen LogP contribution in [0.4, 0.5) is 26.1 Å². The van der Waals surface area contributed by atoms with E-state index in [-0.39, 0.29) is 0 Å². The number of rotatable bonds is 5. The highest BCUT2D eigenvalue weighted by Crippen LogP contribution is 2.33. The predicted molar refractivity (Wildman–Crippen MR) is 71.4 cm³/mol. The van der Waals surface area contributed by atoms with E-state index in [2.05, 4.69) is 20.7 Å². The molecule has 1 heterocycles. The number of nitrogens with two attached hydrogens (primary N) is 1. The summed E-state index contributed by atoms with van der Waals surface area (Å²) >= 11 is 0.475. The van der Waals surface area contributed by atoms with Crippen LogP contribution in [0.15, 0.2) is 41.6 Å². The van der Waals surface area contributed by atoms with Crippen molar-refractivity contribution < 1.29 is 8.78 Å². The summed E-state index contributed by atoms with van der Waals surface area (Å²) in [6.45, 7) is 0. The highest BCUT2D eigenvalue weighted by atomic mass is 32.2. The van der Waals surface area contributed by atoms with Crippen molar-refractivity contribution in [3.8, 4) is 0 Å². The van der Waals surface area contributed by atoms with Crippen LogP contribution in [-0.4, -0.2) is 15.7 Å². The average molecular weight is 283 g/mol. The monoisotopic (exact) mass is 283 g/mol. The van der Waals surface area contributed by atoms with E-state index in [0.717, 1.165) is 0 Å². The van der Waals surface area contributed by atoms with Crippen LogP contribution < -0.4 is 16.6 Å². The maximum Gasteiger partial charge on any atom is 0.288 e. The van der Waals surface area contributed by atoms with Gasteiger partial charge in [-0.1, -0.05) is 23.9 Å². The summed E-state index contributed by atoms with van der Waals surface area (Å²) in [7, 11) is 0. The molecule has 0 spiro atoms. The van der Waals surface area contributed by atoms with Gasteiger partial charge in [0.15, 0.2) is 0 Å². The highest BCUT2D eigenvalue weighted by Gasteiger charge is 2.10. The van der Waals surface area contributed by atoms with Crippen LogP contribution in [0.1, 0.15) is 0 Å². The first kappa shape index (κ1) is 13.5. The summed E-state index contributed by atoms with van der Waals surface area (Å²) < 4.78 is 24.9. The molecule has 0 aliphatic heterocycles. The van der Waals surface area contributed by atoms with Crippen LogP contribution in [0.3, 0.4) is 0 Å². The lowest BCUT2D eigenvalue weighted by atomic mass is 10.3. The molecule has 0 aliphatic rings. The molecule has 1 aromatic carbocycles. The van der Waals surface area contributed by atoms with Crippen LogP contribution in [0.2, 0.25) is 0 Å². The van der Waals surface area contributed by atoms with Crippen molar-refractivity contribution in [3.63, 3.8) is 0 Å². The fraction of sp³-hybridized carbons (Fsp3) is 0.0909. The molecular formula is C11H11F2N5S. The minimum atomic E-state index is -2.48. The Morgan fingerprint density at radius 1 is 1.16 bits per heavy atom. The lowest BCUT2D eigenvalue weighted by Gasteiger charge is -2.11. The summed E-state index contributed by atoms with van der Waals surface area (Å²) in [5.41, 5.74) is 2.93. The van der Waals surface area contributed by atoms with Crippen LogP contribution >= 0.6 is 11.8 Å². The van der Waals surface area contributed by atoms with Gasteiger partial charge in [-0.05, 0) is 12.1 Å². The number of aromatic nitrogens is 2. The van der Waals surface area contributed by atoms with E-state index in [4.69, 9.17) is 5.84 Å². The SMILES string of the molecule is NNc1cc(Nc2ccccc2SC(F)F)ncn1. The zero-order valence-electron chi connectivity index (χ0n) is 9.68. The molecule has 0 aliphatic carbocycles. The van der Waals surface area contributed by atoms with E-state index in [1.807, 2.05) is 0 Å². The standard InChI is InChI=1S/C11H11F2N5S/c12-11(13)19-8-4-2-1-3-7(8)17-9-5-10(18-14)16-6-15-9/h1-6,11H,14H2,(H2,15,16,17,18). The number of nitrogens with zero attached hydrogens (tertiary/aromatic N) is 2. The Morgan fingerprint density at radius 3 is 2.63 bits per heavy atom. The second-order valence-corrected chi connectivity index (χ2v) is 4.46. The Morgan fingerprint density at radius 2 is 1.89 bits per heavy atom. The molecule has 1 aromatic heterocycles. The Labute approximate surface area is 112 Å². The second-order valence-electron chi connectivity index (χ2n) is 3.43. The Kier molecular flexibility index (Phi) is 4.48. The lowest BCUT2D eigenvalue weighted by Crippen LogP contribution is -2.09. The molecule has 0 bridgehead atoms. The molecule has 0 amide bonds. The van der Waals surface area contributed by atoms with Gasteiger partial charge in [0, 0.05) is 11.0 Å². The van der Waals surface area contributed by atoms with Gasteiger partial charge in [-0.15, -0.1) is 0 Å². The van der Waals surface area contributed by atoms with E-state index in [9.17, 15) is 8.78 Å². The second kappa shape index (κ2) is 6.30. The summed E-state index contributed by atoms with van der Waals surface area (Å²) in [5.74, 6) is 3.65. The number of benzene rings is 1. The third kappa shape index (κ3) is 3.76. The van der Waals surface area contributed by atoms with Gasteiger partial charge < -0.3 is 10.7 Å². The topological polar surface area (TPSA) is 75.9 Å². The molecule has 0 saturated carbocycles. The molecule has 4 N–H and O–H groups in total. The molecule has 2 rings (SSSR count). The van der Waals surface area contributed by atoms with Crippen molar-refractivity contribution in [2.75, 3.05) is 10.7 Å². The molecule has 2 aromatic rings. The molecule has 8 heteroatoms. The summed E-state index contributed by atoms with van der Waals surface area (Å²) in [4.78, 5) is 8.29. The quantitative estimate of drug-likeness (QED) is 0.445. The molecule has 0 saturated heterocycles. The number of hydrogen-bond acceptors (Lipinski definition) is 6. The fourth-order valence-corrected chi connectivity index (χ4v) is 2.01. The maximum atomic E-state index is 12.4. The van der Waals surface area contributed by atoms with Crippen molar-refractivity contribution in [2.24, 2.45) is 5.84 Å². The number of alkyl halides is 2. The number of anilines is 3. The predicted octanol–water partition coefficient (Wildman–Crippen LogP) is 2.82. The first-order chi connectivity index (χ1) is 9.19. The van der Waals surface area contributed by atoms with Gasteiger partial charge >= 0.3 is 0 Å². The Hall–Kier alpha value is -1.93. The maximum absolute atomic E-state index is 12.4. The van der Waals surface area contributed by atoms with E-state index in [1.165, 1.54) is 6.33 Å². The van der Waals surface area contributed by atoms with Crippen molar-refractivity contribution in [2.45, 2.75) is 10.7 Å². The van der Waals surface area contributed by atoms with E-state index < -0.39 is 5.76 Å². The average Bonchev–Trinajstić information content (AvgIpc) is 2.41. The summed E-state index contributed by atoms with van der Waals surface area (Å²) in [5, 5.41) is 2.95. The van der Waals surface area contributed by atoms with Gasteiger partial charge in [-0.3, -0.25) is 0 Å². The minimum absolute atomic E-state index is 0.427. The van der Waals surface area contributed by atoms with Crippen molar-refractivity contribution >= 4 is 29.1 Å². The molecule has 0 radical (unpaired) electrons. The number of thioether (sulfide) groups is 1. The van der Waals surface area contributed by atoms with Gasteiger partial charge in [-0.25, -0.2) is 15.8 Å². The zero-order chi connectivity index (χ0) is 13.7. The molecule has 5 nitrogen and oxygen atoms in total. The molecule has 0 fully saturated rings. The van der Waals surface area contributed by atoms with Gasteiger partial charge in [0.25, 0.3) is 5.76 Å². The van der Waals surface area contributed by atoms with Crippen LogP contribution in [0, 0.1) is 0 Å². The van der Waals surface area contributed by atoms with E-state index >= 15 is 0 Å². The number of halogens is 2. The molecule has 100 valence electrons. The smallest absolute Gasteiger partial charge is 0.288 e. The van der Waals surface area contributed by atoms with Gasteiger partial charge in [-0.2, -0.15) is 8.78 Å². The first-order valence-electron chi connectivity index (χ1n) is 5.28. The Balaban J connectivity index is 2.22. The first-order valence-corrected chi connectivity index (χ1v) is 6.16. The van der Waals surface area contributed by atoms with E-state index in [0.29, 0.717) is 34.0 Å². The Bertz CT molecular complexity index is 552.